The molecule has 6 nitrogen and oxygen atoms in total. The lowest BCUT2D eigenvalue weighted by Gasteiger charge is -2.33. The number of primary amides is 1. The SMILES string of the molecule is NC(=O)C1CNCCN1c1nc(C(F)(F)F)ns1. The zero-order chi connectivity index (χ0) is 13.3. The molecule has 1 unspecified atom stereocenters. The van der Waals surface area contributed by atoms with Gasteiger partial charge in [-0.25, -0.2) is 0 Å². The standard InChI is InChI=1S/C8H10F3N5OS/c9-8(10,11)6-14-7(18-15-6)16-2-1-13-3-4(16)5(12)17/h4,13H,1-3H2,(H2,12,17). The molecule has 1 aliphatic rings. The number of nitrogens with two attached hydrogens (primary N) is 1. The van der Waals surface area contributed by atoms with Gasteiger partial charge in [-0.15, -0.1) is 0 Å². The number of carbonyl (C=O) groups excluding carboxylic acids is 1. The largest absolute Gasteiger partial charge is 0.452 e. The van der Waals surface area contributed by atoms with Crippen LogP contribution in [0.15, 0.2) is 0 Å². The number of hydrogen-bond acceptors (Lipinski definition) is 6. The molecule has 0 bridgehead atoms. The fourth-order valence-electron chi connectivity index (χ4n) is 1.63. The monoisotopic (exact) mass is 281 g/mol. The molecule has 1 aromatic heterocycles. The molecule has 3 N–H and O–H groups in total. The molecule has 1 atom stereocenters. The van der Waals surface area contributed by atoms with Crippen LogP contribution in [0.2, 0.25) is 0 Å². The lowest BCUT2D eigenvalue weighted by Crippen LogP contribution is -2.57. The first kappa shape index (κ1) is 13.0. The van der Waals surface area contributed by atoms with Crippen molar-refractivity contribution < 1.29 is 18.0 Å². The topological polar surface area (TPSA) is 84.1 Å². The fourth-order valence-corrected chi connectivity index (χ4v) is 2.40. The van der Waals surface area contributed by atoms with Crippen molar-refractivity contribution in [3.8, 4) is 0 Å². The zero-order valence-corrected chi connectivity index (χ0v) is 9.88. The Hall–Kier alpha value is -1.42. The third kappa shape index (κ3) is 2.53. The van der Waals surface area contributed by atoms with Crippen LogP contribution in [-0.2, 0) is 11.0 Å². The molecular formula is C8H10F3N5OS. The van der Waals surface area contributed by atoms with Crippen molar-refractivity contribution in [2.75, 3.05) is 24.5 Å². The molecule has 2 heterocycles. The molecular weight excluding hydrogens is 271 g/mol. The highest BCUT2D eigenvalue weighted by molar-refractivity contribution is 7.09. The molecule has 18 heavy (non-hydrogen) atoms. The van der Waals surface area contributed by atoms with Gasteiger partial charge in [0.25, 0.3) is 0 Å². The molecule has 1 saturated heterocycles. The van der Waals surface area contributed by atoms with E-state index in [2.05, 4.69) is 14.7 Å². The molecule has 1 aliphatic heterocycles. The second-order valence-corrected chi connectivity index (χ2v) is 4.44. The van der Waals surface area contributed by atoms with E-state index in [0.29, 0.717) is 24.6 Å². The van der Waals surface area contributed by atoms with Crippen molar-refractivity contribution in [2.45, 2.75) is 12.2 Å². The van der Waals surface area contributed by atoms with Gasteiger partial charge >= 0.3 is 6.18 Å². The molecule has 0 aromatic carbocycles. The summed E-state index contributed by atoms with van der Waals surface area (Å²) in [6, 6.07) is -0.701. The van der Waals surface area contributed by atoms with Gasteiger partial charge in [-0.1, -0.05) is 0 Å². The van der Waals surface area contributed by atoms with E-state index in [-0.39, 0.29) is 11.7 Å². The van der Waals surface area contributed by atoms with E-state index < -0.39 is 23.9 Å². The minimum atomic E-state index is -4.58. The number of nitrogens with one attached hydrogen (secondary N) is 1. The van der Waals surface area contributed by atoms with Crippen LogP contribution in [0.25, 0.3) is 0 Å². The van der Waals surface area contributed by atoms with Gasteiger partial charge in [-0.2, -0.15) is 22.5 Å². The van der Waals surface area contributed by atoms with Crippen molar-refractivity contribution in [1.82, 2.24) is 14.7 Å². The Morgan fingerprint density at radius 3 is 2.83 bits per heavy atom. The van der Waals surface area contributed by atoms with E-state index in [1.54, 1.807) is 0 Å². The first-order chi connectivity index (χ1) is 8.39. The number of rotatable bonds is 2. The summed E-state index contributed by atoms with van der Waals surface area (Å²) >= 11 is 0.613. The Morgan fingerprint density at radius 2 is 2.28 bits per heavy atom. The summed E-state index contributed by atoms with van der Waals surface area (Å²) in [6.45, 7) is 1.20. The number of aromatic nitrogens is 2. The predicted molar refractivity (Wildman–Crippen MR) is 58.1 cm³/mol. The number of carbonyl (C=O) groups is 1. The van der Waals surface area contributed by atoms with E-state index >= 15 is 0 Å². The summed E-state index contributed by atoms with van der Waals surface area (Å²) in [5, 5.41) is 3.01. The van der Waals surface area contributed by atoms with Gasteiger partial charge in [0.2, 0.25) is 16.9 Å². The highest BCUT2D eigenvalue weighted by Crippen LogP contribution is 2.31. The second-order valence-electron chi connectivity index (χ2n) is 3.71. The number of piperazine rings is 1. The van der Waals surface area contributed by atoms with E-state index in [1.165, 1.54) is 4.90 Å². The summed E-state index contributed by atoms with van der Waals surface area (Å²) in [6.07, 6.45) is -4.58. The molecule has 0 radical (unpaired) electrons. The molecule has 100 valence electrons. The molecule has 2 rings (SSSR count). The van der Waals surface area contributed by atoms with E-state index in [1.807, 2.05) is 0 Å². The van der Waals surface area contributed by atoms with Crippen molar-refractivity contribution in [3.05, 3.63) is 5.82 Å². The summed E-state index contributed by atoms with van der Waals surface area (Å²) in [7, 11) is 0. The Bertz CT molecular complexity index is 448. The molecule has 0 spiro atoms. The van der Waals surface area contributed by atoms with Crippen LogP contribution in [0.3, 0.4) is 0 Å². The van der Waals surface area contributed by atoms with Crippen LogP contribution in [-0.4, -0.2) is 40.9 Å². The summed E-state index contributed by atoms with van der Waals surface area (Å²) in [5.41, 5.74) is 5.20. The number of nitrogens with zero attached hydrogens (tertiary/aromatic N) is 3. The highest BCUT2D eigenvalue weighted by atomic mass is 32.1. The van der Waals surface area contributed by atoms with Crippen molar-refractivity contribution in [3.63, 3.8) is 0 Å². The van der Waals surface area contributed by atoms with E-state index in [0.717, 1.165) is 0 Å². The summed E-state index contributed by atoms with van der Waals surface area (Å²) in [4.78, 5) is 16.1. The average molecular weight is 281 g/mol. The lowest BCUT2D eigenvalue weighted by molar-refractivity contribution is -0.144. The zero-order valence-electron chi connectivity index (χ0n) is 9.07. The normalized spacial score (nSPS) is 21.1. The summed E-state index contributed by atoms with van der Waals surface area (Å²) in [5.74, 6) is -1.80. The number of halogens is 3. The van der Waals surface area contributed by atoms with Gasteiger partial charge < -0.3 is 16.0 Å². The smallest absolute Gasteiger partial charge is 0.368 e. The number of amides is 1. The predicted octanol–water partition coefficient (Wildman–Crippen LogP) is -0.180. The fraction of sp³-hybridized carbons (Fsp3) is 0.625. The molecule has 1 aromatic rings. The Balaban J connectivity index is 2.24. The number of alkyl halides is 3. The second kappa shape index (κ2) is 4.69. The first-order valence-electron chi connectivity index (χ1n) is 5.07. The average Bonchev–Trinajstić information content (AvgIpc) is 2.77. The van der Waals surface area contributed by atoms with Crippen LogP contribution >= 0.6 is 11.5 Å². The van der Waals surface area contributed by atoms with E-state index in [4.69, 9.17) is 5.73 Å². The third-order valence-corrected chi connectivity index (χ3v) is 3.24. The van der Waals surface area contributed by atoms with Gasteiger partial charge in [0, 0.05) is 31.2 Å². The molecule has 1 fully saturated rings. The maximum atomic E-state index is 12.4. The van der Waals surface area contributed by atoms with Gasteiger partial charge in [-0.3, -0.25) is 4.79 Å². The Kier molecular flexibility index (Phi) is 3.39. The van der Waals surface area contributed by atoms with Gasteiger partial charge in [0.15, 0.2) is 0 Å². The maximum absolute atomic E-state index is 12.4. The molecule has 0 aliphatic carbocycles. The molecule has 0 saturated carbocycles. The van der Waals surface area contributed by atoms with Crippen LogP contribution in [0, 0.1) is 0 Å². The highest BCUT2D eigenvalue weighted by Gasteiger charge is 2.38. The number of hydrogen-bond donors (Lipinski definition) is 2. The molecule has 1 amide bonds. The van der Waals surface area contributed by atoms with Crippen molar-refractivity contribution in [1.29, 1.82) is 0 Å². The first-order valence-corrected chi connectivity index (χ1v) is 5.84. The number of anilines is 1. The lowest BCUT2D eigenvalue weighted by atomic mass is 10.2. The molecule has 10 heteroatoms. The van der Waals surface area contributed by atoms with Gasteiger partial charge in [0.1, 0.15) is 6.04 Å². The van der Waals surface area contributed by atoms with Crippen molar-refractivity contribution >= 4 is 22.6 Å². The Morgan fingerprint density at radius 1 is 1.56 bits per heavy atom. The minimum absolute atomic E-state index is 0.0626. The van der Waals surface area contributed by atoms with Crippen molar-refractivity contribution in [2.24, 2.45) is 5.73 Å². The Labute approximate surface area is 104 Å². The summed E-state index contributed by atoms with van der Waals surface area (Å²) < 4.78 is 40.4. The maximum Gasteiger partial charge on any atom is 0.452 e. The quantitative estimate of drug-likeness (QED) is 0.785. The van der Waals surface area contributed by atoms with Crippen LogP contribution < -0.4 is 16.0 Å². The third-order valence-electron chi connectivity index (χ3n) is 2.49. The van der Waals surface area contributed by atoms with E-state index in [9.17, 15) is 18.0 Å². The van der Waals surface area contributed by atoms with Gasteiger partial charge in [-0.05, 0) is 0 Å². The van der Waals surface area contributed by atoms with Crippen LogP contribution in [0.5, 0.6) is 0 Å². The van der Waals surface area contributed by atoms with Crippen LogP contribution in [0.1, 0.15) is 5.82 Å². The van der Waals surface area contributed by atoms with Gasteiger partial charge in [0.05, 0.1) is 0 Å². The van der Waals surface area contributed by atoms with Crippen LogP contribution in [0.4, 0.5) is 18.3 Å². The minimum Gasteiger partial charge on any atom is -0.368 e.